The van der Waals surface area contributed by atoms with Crippen LogP contribution in [-0.4, -0.2) is 49.9 Å². The van der Waals surface area contributed by atoms with E-state index in [1.807, 2.05) is 31.1 Å². The first-order valence-electron chi connectivity index (χ1n) is 5.52. The van der Waals surface area contributed by atoms with Crippen molar-refractivity contribution in [2.75, 3.05) is 39.7 Å². The van der Waals surface area contributed by atoms with Gasteiger partial charge in [-0.15, -0.1) is 0 Å². The van der Waals surface area contributed by atoms with Gasteiger partial charge in [-0.3, -0.25) is 10.6 Å². The van der Waals surface area contributed by atoms with Crippen LogP contribution in [0.1, 0.15) is 10.4 Å². The highest BCUT2D eigenvalue weighted by molar-refractivity contribution is 5.99. The van der Waals surface area contributed by atoms with Crippen LogP contribution in [0.3, 0.4) is 0 Å². The Bertz CT molecular complexity index is 379. The number of anilines is 1. The molecule has 5 nitrogen and oxygen atoms in total. The average Bonchev–Trinajstić information content (AvgIpc) is 2.34. The van der Waals surface area contributed by atoms with Gasteiger partial charge in [-0.25, -0.2) is 0 Å². The van der Waals surface area contributed by atoms with E-state index < -0.39 is 0 Å². The molecule has 0 aromatic heterocycles. The molecule has 1 aromatic carbocycles. The molecule has 0 heterocycles. The monoisotopic (exact) mass is 236 g/mol. The van der Waals surface area contributed by atoms with Crippen molar-refractivity contribution in [3.63, 3.8) is 0 Å². The highest BCUT2D eigenvalue weighted by atomic mass is 16.2. The van der Waals surface area contributed by atoms with Crippen molar-refractivity contribution in [1.29, 1.82) is 0 Å². The molecule has 3 N–H and O–H groups in total. The maximum Gasteiger partial charge on any atom is 0.255 e. The second-order valence-corrected chi connectivity index (χ2v) is 4.22. The minimum Gasteiger partial charge on any atom is -0.340 e. The molecule has 0 saturated heterocycles. The standard InChI is InChI=1S/C12H20N4O/c1-15(2)8-9-16(3)12(17)10-6-4-5-7-11(10)14-13/h4-7,14H,8-9,13H2,1-3H3. The Morgan fingerprint density at radius 2 is 1.88 bits per heavy atom. The summed E-state index contributed by atoms with van der Waals surface area (Å²) in [5.74, 6) is 5.35. The normalized spacial score (nSPS) is 10.4. The van der Waals surface area contributed by atoms with Crippen LogP contribution in [0.5, 0.6) is 0 Å². The van der Waals surface area contributed by atoms with Gasteiger partial charge in [-0.1, -0.05) is 12.1 Å². The van der Waals surface area contributed by atoms with Crippen LogP contribution < -0.4 is 11.3 Å². The van der Waals surface area contributed by atoms with E-state index in [-0.39, 0.29) is 5.91 Å². The van der Waals surface area contributed by atoms with Crippen LogP contribution in [0, 0.1) is 0 Å². The first kappa shape index (κ1) is 13.5. The summed E-state index contributed by atoms with van der Waals surface area (Å²) in [5.41, 5.74) is 3.78. The lowest BCUT2D eigenvalue weighted by atomic mass is 10.1. The van der Waals surface area contributed by atoms with E-state index in [4.69, 9.17) is 5.84 Å². The number of nitrogens with one attached hydrogen (secondary N) is 1. The molecule has 0 aliphatic heterocycles. The van der Waals surface area contributed by atoms with Crippen molar-refractivity contribution >= 4 is 11.6 Å². The van der Waals surface area contributed by atoms with E-state index >= 15 is 0 Å². The molecule has 0 radical (unpaired) electrons. The predicted octanol–water partition coefficient (Wildman–Crippen LogP) is 0.606. The third kappa shape index (κ3) is 3.72. The van der Waals surface area contributed by atoms with Gasteiger partial charge in [0.25, 0.3) is 5.91 Å². The van der Waals surface area contributed by atoms with E-state index in [2.05, 4.69) is 5.43 Å². The summed E-state index contributed by atoms with van der Waals surface area (Å²) in [6.45, 7) is 1.52. The van der Waals surface area contributed by atoms with Gasteiger partial charge < -0.3 is 15.2 Å². The lowest BCUT2D eigenvalue weighted by molar-refractivity contribution is 0.0787. The number of amides is 1. The molecule has 0 saturated carbocycles. The van der Waals surface area contributed by atoms with Gasteiger partial charge in [0.2, 0.25) is 0 Å². The summed E-state index contributed by atoms with van der Waals surface area (Å²) >= 11 is 0. The molecule has 0 aliphatic rings. The van der Waals surface area contributed by atoms with Gasteiger partial charge in [0, 0.05) is 20.1 Å². The number of para-hydroxylation sites is 1. The smallest absolute Gasteiger partial charge is 0.255 e. The molecule has 17 heavy (non-hydrogen) atoms. The molecule has 94 valence electrons. The number of likely N-dealkylation sites (N-methyl/N-ethyl adjacent to an activating group) is 2. The maximum absolute atomic E-state index is 12.1. The number of benzene rings is 1. The third-order valence-corrected chi connectivity index (χ3v) is 2.54. The molecular weight excluding hydrogens is 216 g/mol. The number of hydrogen-bond donors (Lipinski definition) is 2. The topological polar surface area (TPSA) is 61.6 Å². The van der Waals surface area contributed by atoms with Crippen LogP contribution in [-0.2, 0) is 0 Å². The first-order chi connectivity index (χ1) is 8.06. The minimum absolute atomic E-state index is 0.0274. The summed E-state index contributed by atoms with van der Waals surface area (Å²) in [6.07, 6.45) is 0. The highest BCUT2D eigenvalue weighted by Crippen LogP contribution is 2.15. The SMILES string of the molecule is CN(C)CCN(C)C(=O)c1ccccc1NN. The van der Waals surface area contributed by atoms with E-state index in [0.29, 0.717) is 17.8 Å². The number of nitrogen functional groups attached to an aromatic ring is 1. The molecule has 0 atom stereocenters. The number of rotatable bonds is 5. The van der Waals surface area contributed by atoms with Crippen molar-refractivity contribution in [2.45, 2.75) is 0 Å². The predicted molar refractivity (Wildman–Crippen MR) is 69.8 cm³/mol. The molecule has 1 aromatic rings. The van der Waals surface area contributed by atoms with E-state index in [9.17, 15) is 4.79 Å². The Morgan fingerprint density at radius 3 is 2.47 bits per heavy atom. The second-order valence-electron chi connectivity index (χ2n) is 4.22. The number of carbonyl (C=O) groups is 1. The van der Waals surface area contributed by atoms with Crippen LogP contribution in [0.4, 0.5) is 5.69 Å². The second kappa shape index (κ2) is 6.22. The van der Waals surface area contributed by atoms with Gasteiger partial charge in [0.15, 0.2) is 0 Å². The average molecular weight is 236 g/mol. The van der Waals surface area contributed by atoms with Crippen molar-refractivity contribution < 1.29 is 4.79 Å². The summed E-state index contributed by atoms with van der Waals surface area (Å²) in [4.78, 5) is 15.9. The largest absolute Gasteiger partial charge is 0.340 e. The maximum atomic E-state index is 12.1. The molecule has 5 heteroatoms. The third-order valence-electron chi connectivity index (χ3n) is 2.54. The molecule has 0 aliphatic carbocycles. The molecule has 1 amide bonds. The number of hydrogen-bond acceptors (Lipinski definition) is 4. The summed E-state index contributed by atoms with van der Waals surface area (Å²) in [6, 6.07) is 7.22. The molecule has 0 fully saturated rings. The fourth-order valence-electron chi connectivity index (χ4n) is 1.45. The van der Waals surface area contributed by atoms with E-state index in [0.717, 1.165) is 6.54 Å². The van der Waals surface area contributed by atoms with Gasteiger partial charge in [-0.2, -0.15) is 0 Å². The zero-order valence-electron chi connectivity index (χ0n) is 10.6. The lowest BCUT2D eigenvalue weighted by Gasteiger charge is -2.20. The number of nitrogens with zero attached hydrogens (tertiary/aromatic N) is 2. The van der Waals surface area contributed by atoms with Crippen molar-refractivity contribution in [2.24, 2.45) is 5.84 Å². The fraction of sp³-hybridized carbons (Fsp3) is 0.417. The Balaban J connectivity index is 2.74. The van der Waals surface area contributed by atoms with E-state index in [1.165, 1.54) is 0 Å². The molecule has 0 unspecified atom stereocenters. The van der Waals surface area contributed by atoms with Gasteiger partial charge >= 0.3 is 0 Å². The Hall–Kier alpha value is -1.59. The zero-order valence-corrected chi connectivity index (χ0v) is 10.6. The Morgan fingerprint density at radius 1 is 1.24 bits per heavy atom. The fourth-order valence-corrected chi connectivity index (χ4v) is 1.45. The van der Waals surface area contributed by atoms with E-state index in [1.54, 1.807) is 24.1 Å². The van der Waals surface area contributed by atoms with Crippen LogP contribution >= 0.6 is 0 Å². The molecular formula is C12H20N4O. The first-order valence-corrected chi connectivity index (χ1v) is 5.52. The number of hydrazine groups is 1. The van der Waals surface area contributed by atoms with Gasteiger partial charge in [0.1, 0.15) is 0 Å². The molecule has 0 bridgehead atoms. The highest BCUT2D eigenvalue weighted by Gasteiger charge is 2.14. The summed E-state index contributed by atoms with van der Waals surface area (Å²) < 4.78 is 0. The van der Waals surface area contributed by atoms with Gasteiger partial charge in [0.05, 0.1) is 11.3 Å². The van der Waals surface area contributed by atoms with Crippen LogP contribution in [0.25, 0.3) is 0 Å². The van der Waals surface area contributed by atoms with Crippen molar-refractivity contribution in [3.8, 4) is 0 Å². The van der Waals surface area contributed by atoms with Crippen LogP contribution in [0.2, 0.25) is 0 Å². The Labute approximate surface area is 102 Å². The number of carbonyl (C=O) groups excluding carboxylic acids is 1. The Kier molecular flexibility index (Phi) is 4.93. The number of nitrogens with two attached hydrogens (primary N) is 1. The van der Waals surface area contributed by atoms with Crippen molar-refractivity contribution in [1.82, 2.24) is 9.80 Å². The summed E-state index contributed by atoms with van der Waals surface area (Å²) in [5, 5.41) is 0. The minimum atomic E-state index is -0.0274. The quantitative estimate of drug-likeness (QED) is 0.581. The molecule has 0 spiro atoms. The van der Waals surface area contributed by atoms with Crippen molar-refractivity contribution in [3.05, 3.63) is 29.8 Å². The zero-order chi connectivity index (χ0) is 12.8. The lowest BCUT2D eigenvalue weighted by Crippen LogP contribution is -2.34. The van der Waals surface area contributed by atoms with Gasteiger partial charge in [-0.05, 0) is 26.2 Å². The molecule has 1 rings (SSSR count). The summed E-state index contributed by atoms with van der Waals surface area (Å²) in [7, 11) is 5.75. The van der Waals surface area contributed by atoms with Crippen LogP contribution in [0.15, 0.2) is 24.3 Å².